The molecule has 0 aliphatic rings. The van der Waals surface area contributed by atoms with Crippen molar-refractivity contribution in [3.63, 3.8) is 0 Å². The Morgan fingerprint density at radius 2 is 0.675 bits per heavy atom. The van der Waals surface area contributed by atoms with E-state index >= 15 is 0 Å². The molecule has 0 saturated heterocycles. The van der Waals surface area contributed by atoms with Gasteiger partial charge in [-0.25, -0.2) is 90.1 Å². The van der Waals surface area contributed by atoms with Crippen molar-refractivity contribution in [2.75, 3.05) is 42.6 Å². The van der Waals surface area contributed by atoms with Crippen LogP contribution in [0.2, 0.25) is 0 Å². The van der Waals surface area contributed by atoms with Gasteiger partial charge in [-0.15, -0.1) is 0 Å². The lowest BCUT2D eigenvalue weighted by Gasteiger charge is -2.07. The first-order valence-electron chi connectivity index (χ1n) is 38.7. The molecule has 0 spiro atoms. The fourth-order valence-electron chi connectivity index (χ4n) is 12.8. The van der Waals surface area contributed by atoms with Gasteiger partial charge in [0.1, 0.15) is 60.5 Å². The van der Waals surface area contributed by atoms with Crippen molar-refractivity contribution >= 4 is 139 Å². The molecule has 10 aromatic heterocycles. The van der Waals surface area contributed by atoms with Gasteiger partial charge in [-0.3, -0.25) is 23.8 Å². The number of carbonyl (C=O) groups is 3. The predicted octanol–water partition coefficient (Wildman–Crippen LogP) is 14.0. The highest BCUT2D eigenvalue weighted by atomic mass is 32.2. The van der Waals surface area contributed by atoms with Gasteiger partial charge in [0.25, 0.3) is 20.0 Å². The largest absolute Gasteiger partial charge is 0.383 e. The Bertz CT molecular complexity index is 6690. The molecule has 0 bridgehead atoms. The maximum Gasteiger partial charge on any atom is 0.254 e. The van der Waals surface area contributed by atoms with Crippen LogP contribution in [0.1, 0.15) is 133 Å². The fraction of sp³-hybridized carbons (Fsp3) is 0.209. The molecule has 0 radical (unpaired) electrons. The minimum atomic E-state index is -3.56. The third-order valence-electron chi connectivity index (χ3n) is 18.5. The van der Waals surface area contributed by atoms with Crippen molar-refractivity contribution in [2.45, 2.75) is 119 Å². The first kappa shape index (κ1) is 88.7. The molecule has 0 aliphatic carbocycles. The summed E-state index contributed by atoms with van der Waals surface area (Å²) in [6.45, 7) is 37.3. The van der Waals surface area contributed by atoms with Gasteiger partial charge >= 0.3 is 0 Å². The highest BCUT2D eigenvalue weighted by Gasteiger charge is 2.24. The van der Waals surface area contributed by atoms with Crippen LogP contribution in [0.4, 0.5) is 45.9 Å². The van der Waals surface area contributed by atoms with Crippen molar-refractivity contribution in [1.82, 2.24) is 98.7 Å². The topological polar surface area (TPSA) is 476 Å². The van der Waals surface area contributed by atoms with E-state index in [9.17, 15) is 31.2 Å². The van der Waals surface area contributed by atoms with E-state index in [1.54, 1.807) is 48.8 Å². The molecule has 0 aliphatic heterocycles. The van der Waals surface area contributed by atoms with E-state index in [2.05, 4.69) is 147 Å². The third kappa shape index (κ3) is 21.7. The molecule has 0 saturated carbocycles. The van der Waals surface area contributed by atoms with E-state index in [0.717, 1.165) is 111 Å². The van der Waals surface area contributed by atoms with Crippen LogP contribution in [-0.4, -0.2) is 133 Å². The van der Waals surface area contributed by atoms with Crippen molar-refractivity contribution in [2.24, 2.45) is 0 Å². The maximum absolute atomic E-state index is 11.7. The normalized spacial score (nSPS) is 11.3. The lowest BCUT2D eigenvalue weighted by molar-refractivity contribution is -0.112. The monoisotopic (exact) mass is 1690 g/mol. The molecule has 10 heterocycles. The van der Waals surface area contributed by atoms with Gasteiger partial charge in [-0.2, -0.15) is 25.5 Å². The summed E-state index contributed by atoms with van der Waals surface area (Å²) < 4.78 is 60.7. The molecular formula is C86H94N28O7S2. The van der Waals surface area contributed by atoms with Crippen LogP contribution in [0.15, 0.2) is 227 Å². The third-order valence-corrected chi connectivity index (χ3v) is 20.4. The van der Waals surface area contributed by atoms with Gasteiger partial charge in [0, 0.05) is 112 Å². The SMILES string of the molecule is C=CC(=O)Nc1ccc(Cc2nn(C(C)C)c3ncnc(N)c23)cc1.C=CC(=O)Nc1cccc(-c2nn(C(C)C)c3ncncc23)c1.C=CC(=O)Nc1cccc(Cc2nn(C(C)C)c3ncnc(N)c23)c1.C=CS(=O)(=O)Nc1cccc(-c2nn(C(C)C)c3ncncc23)c1.C=CS(=O)(=O)Nc1cccc(Cc2nn(C(C)C)c3ncnc(N)c23)c1. The number of nitrogens with two attached hydrogens (primary N) is 3. The quantitative estimate of drug-likeness (QED) is 0.0246. The van der Waals surface area contributed by atoms with Gasteiger partial charge in [-0.1, -0.05) is 93.6 Å². The Morgan fingerprint density at radius 3 is 1.04 bits per heavy atom. The highest BCUT2D eigenvalue weighted by Crippen LogP contribution is 2.35. The van der Waals surface area contributed by atoms with Crippen LogP contribution in [0.25, 0.3) is 77.7 Å². The number of carbonyl (C=O) groups excluding carboxylic acids is 3. The van der Waals surface area contributed by atoms with Crippen LogP contribution >= 0.6 is 0 Å². The summed E-state index contributed by atoms with van der Waals surface area (Å²) in [5.41, 5.74) is 33.4. The molecule has 37 heteroatoms. The average molecular weight is 1700 g/mol. The number of aromatic nitrogens is 20. The molecule has 11 N–H and O–H groups in total. The minimum Gasteiger partial charge on any atom is -0.383 e. The number of anilines is 8. The Morgan fingerprint density at radius 1 is 0.366 bits per heavy atom. The van der Waals surface area contributed by atoms with E-state index in [1.165, 1.54) is 49.9 Å². The zero-order chi connectivity index (χ0) is 88.6. The van der Waals surface area contributed by atoms with Gasteiger partial charge < -0.3 is 33.2 Å². The standard InChI is InChI=1S/2C18H20N6O.C17H20N6O2S.C17H17N5O.C16H17N5O2S/c1-4-15(25)22-13-7-5-12(6-8-13)9-14-16-17(19)20-10-21-18(16)24(23-14)11(2)3;1-4-15(25)22-13-7-5-6-12(8-13)9-14-16-17(19)20-10-21-18(16)24(23-14)11(2)3;1-4-26(24,25)22-13-7-5-6-12(8-13)9-14-15-16(18)19-10-20-17(15)23(21-14)11(2)3;1-4-15(23)20-13-7-5-6-12(8-13)16-14-9-18-10-19-17(14)22(21-16)11(2)3;1-4-24(22,23)20-13-7-5-6-12(8-13)15-14-9-17-10-18-16(14)21(19-15)11(2)3/h2*4-8,10-11H,1,9H2,2-3H3,(H,22,25)(H2,19,20,21);4-8,10-11,22H,1,9H2,2-3H3,(H2,18,19,20);4-11H,1H2,2-3H3,(H,20,23);4-11,20H,1H2,2-3H3. The first-order valence-corrected chi connectivity index (χ1v) is 41.8. The minimum absolute atomic E-state index is 0.117. The Kier molecular flexibility index (Phi) is 28.2. The predicted molar refractivity (Wildman–Crippen MR) is 482 cm³/mol. The summed E-state index contributed by atoms with van der Waals surface area (Å²) in [5, 5.41) is 37.3. The summed E-state index contributed by atoms with van der Waals surface area (Å²) in [6, 6.07) is 37.6. The van der Waals surface area contributed by atoms with Crippen molar-refractivity contribution < 1.29 is 31.2 Å². The van der Waals surface area contributed by atoms with E-state index in [0.29, 0.717) is 76.5 Å². The van der Waals surface area contributed by atoms with Crippen LogP contribution in [0.3, 0.4) is 0 Å². The van der Waals surface area contributed by atoms with Gasteiger partial charge in [-0.05, 0) is 165 Å². The molecule has 632 valence electrons. The molecular weight excluding hydrogens is 1600 g/mol. The average Bonchev–Trinajstić information content (AvgIpc) is 1.65. The summed E-state index contributed by atoms with van der Waals surface area (Å²) >= 11 is 0. The smallest absolute Gasteiger partial charge is 0.254 e. The molecule has 0 unspecified atom stereocenters. The zero-order valence-electron chi connectivity index (χ0n) is 69.4. The fourth-order valence-corrected chi connectivity index (χ4v) is 13.9. The molecule has 5 aromatic carbocycles. The molecule has 0 fully saturated rings. The van der Waals surface area contributed by atoms with E-state index in [4.69, 9.17) is 17.2 Å². The first-order chi connectivity index (χ1) is 58.8. The number of hydrogen-bond acceptors (Lipinski definition) is 25. The summed E-state index contributed by atoms with van der Waals surface area (Å²) in [7, 11) is -7.12. The lowest BCUT2D eigenvalue weighted by atomic mass is 10.1. The number of benzene rings is 5. The number of rotatable bonds is 25. The van der Waals surface area contributed by atoms with Gasteiger partial charge in [0.15, 0.2) is 28.2 Å². The van der Waals surface area contributed by atoms with Crippen LogP contribution < -0.4 is 42.6 Å². The molecule has 35 nitrogen and oxygen atoms in total. The van der Waals surface area contributed by atoms with E-state index in [1.807, 2.05) is 164 Å². The molecule has 0 atom stereocenters. The Labute approximate surface area is 709 Å². The number of sulfonamides is 2. The van der Waals surface area contributed by atoms with Crippen molar-refractivity contribution in [3.05, 3.63) is 261 Å². The van der Waals surface area contributed by atoms with E-state index < -0.39 is 20.0 Å². The van der Waals surface area contributed by atoms with Crippen molar-refractivity contribution in [1.29, 1.82) is 0 Å². The highest BCUT2D eigenvalue weighted by molar-refractivity contribution is 7.95. The number of nitrogen functional groups attached to an aromatic ring is 3. The summed E-state index contributed by atoms with van der Waals surface area (Å²) in [6.07, 6.45) is 16.2. The second-order valence-electron chi connectivity index (χ2n) is 29.1. The van der Waals surface area contributed by atoms with Crippen LogP contribution in [0.5, 0.6) is 0 Å². The van der Waals surface area contributed by atoms with Crippen LogP contribution in [0, 0.1) is 0 Å². The molecule has 15 aromatic rings. The second-order valence-corrected chi connectivity index (χ2v) is 32.4. The molecule has 3 amide bonds. The molecule has 123 heavy (non-hydrogen) atoms. The lowest BCUT2D eigenvalue weighted by Crippen LogP contribution is -2.08. The number of nitrogens with one attached hydrogen (secondary N) is 5. The summed E-state index contributed by atoms with van der Waals surface area (Å²) in [4.78, 5) is 76.3. The Balaban J connectivity index is 0.000000150. The van der Waals surface area contributed by atoms with Crippen molar-refractivity contribution in [3.8, 4) is 22.5 Å². The van der Waals surface area contributed by atoms with Gasteiger partial charge in [0.2, 0.25) is 17.7 Å². The van der Waals surface area contributed by atoms with Gasteiger partial charge in [0.05, 0.1) is 44.0 Å². The number of amides is 3. The zero-order valence-corrected chi connectivity index (χ0v) is 71.0. The number of nitrogens with zero attached hydrogens (tertiary/aromatic N) is 20. The molecule has 15 rings (SSSR count). The maximum atomic E-state index is 11.7. The summed E-state index contributed by atoms with van der Waals surface area (Å²) in [5.74, 6) is 0.497. The Hall–Kier alpha value is -15.1. The second kappa shape index (κ2) is 39.2. The van der Waals surface area contributed by atoms with E-state index in [-0.39, 0.29) is 47.9 Å². The number of fused-ring (bicyclic) bond motifs is 5. The number of hydrogen-bond donors (Lipinski definition) is 8. The van der Waals surface area contributed by atoms with Crippen LogP contribution in [-0.2, 0) is 53.7 Å².